The summed E-state index contributed by atoms with van der Waals surface area (Å²) < 4.78 is 5.85. The van der Waals surface area contributed by atoms with Gasteiger partial charge in [0.2, 0.25) is 0 Å². The zero-order valence-corrected chi connectivity index (χ0v) is 12.5. The fourth-order valence-electron chi connectivity index (χ4n) is 3.44. The second-order valence-corrected chi connectivity index (χ2v) is 6.16. The Morgan fingerprint density at radius 1 is 1.30 bits per heavy atom. The van der Waals surface area contributed by atoms with Crippen molar-refractivity contribution in [2.75, 3.05) is 18.4 Å². The summed E-state index contributed by atoms with van der Waals surface area (Å²) in [4.78, 5) is 7.11. The van der Waals surface area contributed by atoms with E-state index in [1.54, 1.807) is 0 Å². The lowest BCUT2D eigenvalue weighted by Gasteiger charge is -2.33. The van der Waals surface area contributed by atoms with Crippen LogP contribution in [0.25, 0.3) is 0 Å². The van der Waals surface area contributed by atoms with E-state index in [-0.39, 0.29) is 6.10 Å². The van der Waals surface area contributed by atoms with Crippen LogP contribution in [-0.4, -0.2) is 41.2 Å². The molecule has 2 aliphatic heterocycles. The van der Waals surface area contributed by atoms with Crippen molar-refractivity contribution < 1.29 is 4.74 Å². The number of anilines is 1. The number of nitrogens with one attached hydrogen (secondary N) is 1. The van der Waals surface area contributed by atoms with Gasteiger partial charge in [-0.2, -0.15) is 0 Å². The molecule has 0 bridgehead atoms. The highest BCUT2D eigenvalue weighted by Gasteiger charge is 2.35. The molecular formula is C16H25N3O. The first kappa shape index (κ1) is 13.7. The summed E-state index contributed by atoms with van der Waals surface area (Å²) in [6, 6.07) is 5.13. The largest absolute Gasteiger partial charge is 0.487 e. The van der Waals surface area contributed by atoms with Crippen molar-refractivity contribution in [1.82, 2.24) is 9.88 Å². The molecule has 2 saturated heterocycles. The van der Waals surface area contributed by atoms with Gasteiger partial charge in [-0.1, -0.05) is 6.42 Å². The van der Waals surface area contributed by atoms with E-state index in [4.69, 9.17) is 4.74 Å². The number of piperidine rings is 1. The van der Waals surface area contributed by atoms with E-state index in [2.05, 4.69) is 29.0 Å². The maximum Gasteiger partial charge on any atom is 0.169 e. The molecule has 4 nitrogen and oxygen atoms in total. The molecule has 20 heavy (non-hydrogen) atoms. The van der Waals surface area contributed by atoms with Crippen LogP contribution in [0.2, 0.25) is 0 Å². The highest BCUT2D eigenvalue weighted by molar-refractivity contribution is 5.50. The zero-order chi connectivity index (χ0) is 13.9. The van der Waals surface area contributed by atoms with Crippen molar-refractivity contribution >= 4 is 5.82 Å². The van der Waals surface area contributed by atoms with Crippen LogP contribution in [0.15, 0.2) is 18.3 Å². The first-order valence-electron chi connectivity index (χ1n) is 7.86. The molecule has 110 valence electrons. The highest BCUT2D eigenvalue weighted by atomic mass is 16.5. The average Bonchev–Trinajstić information content (AvgIpc) is 2.84. The molecule has 0 radical (unpaired) electrons. The Labute approximate surface area is 121 Å². The summed E-state index contributed by atoms with van der Waals surface area (Å²) in [5.41, 5.74) is 0. The number of fused-ring (bicyclic) bond motifs is 1. The lowest BCUT2D eigenvalue weighted by Crippen LogP contribution is -2.41. The van der Waals surface area contributed by atoms with Gasteiger partial charge in [-0.3, -0.25) is 4.90 Å². The fourth-order valence-corrected chi connectivity index (χ4v) is 3.44. The average molecular weight is 275 g/mol. The van der Waals surface area contributed by atoms with Crippen molar-refractivity contribution in [3.63, 3.8) is 0 Å². The zero-order valence-electron chi connectivity index (χ0n) is 12.5. The van der Waals surface area contributed by atoms with Crippen molar-refractivity contribution in [2.24, 2.45) is 0 Å². The molecular weight excluding hydrogens is 250 g/mol. The Balaban J connectivity index is 1.71. The van der Waals surface area contributed by atoms with Gasteiger partial charge >= 0.3 is 0 Å². The number of aromatic nitrogens is 1. The lowest BCUT2D eigenvalue weighted by atomic mass is 9.99. The summed E-state index contributed by atoms with van der Waals surface area (Å²) in [6.07, 6.45) is 7.25. The van der Waals surface area contributed by atoms with E-state index in [0.717, 1.165) is 11.6 Å². The van der Waals surface area contributed by atoms with Crippen LogP contribution in [0.1, 0.15) is 39.5 Å². The van der Waals surface area contributed by atoms with Crippen LogP contribution in [0.3, 0.4) is 0 Å². The van der Waals surface area contributed by atoms with E-state index in [1.165, 1.54) is 38.8 Å². The van der Waals surface area contributed by atoms with Gasteiger partial charge < -0.3 is 10.1 Å². The third-order valence-corrected chi connectivity index (χ3v) is 4.31. The normalized spacial score (nSPS) is 26.6. The summed E-state index contributed by atoms with van der Waals surface area (Å²) in [7, 11) is 0. The van der Waals surface area contributed by atoms with Crippen molar-refractivity contribution in [1.29, 1.82) is 0 Å². The monoisotopic (exact) mass is 275 g/mol. The number of ether oxygens (including phenoxy) is 1. The fraction of sp³-hybridized carbons (Fsp3) is 0.688. The number of hydrogen-bond donors (Lipinski definition) is 1. The first-order chi connectivity index (χ1) is 9.74. The lowest BCUT2D eigenvalue weighted by molar-refractivity contribution is 0.192. The number of nitrogens with zero attached hydrogens (tertiary/aromatic N) is 2. The van der Waals surface area contributed by atoms with Gasteiger partial charge in [-0.05, 0) is 51.8 Å². The smallest absolute Gasteiger partial charge is 0.169 e. The van der Waals surface area contributed by atoms with Gasteiger partial charge in [0.05, 0.1) is 6.10 Å². The van der Waals surface area contributed by atoms with Crippen molar-refractivity contribution in [3.8, 4) is 5.75 Å². The van der Waals surface area contributed by atoms with Crippen molar-refractivity contribution in [3.05, 3.63) is 18.3 Å². The van der Waals surface area contributed by atoms with E-state index < -0.39 is 0 Å². The highest BCUT2D eigenvalue weighted by Crippen LogP contribution is 2.31. The minimum atomic E-state index is 0.175. The van der Waals surface area contributed by atoms with Crippen LogP contribution < -0.4 is 10.1 Å². The number of rotatable bonds is 4. The van der Waals surface area contributed by atoms with Gasteiger partial charge in [-0.25, -0.2) is 4.98 Å². The molecule has 0 amide bonds. The predicted molar refractivity (Wildman–Crippen MR) is 81.2 cm³/mol. The first-order valence-corrected chi connectivity index (χ1v) is 7.86. The van der Waals surface area contributed by atoms with Crippen LogP contribution in [0.5, 0.6) is 5.75 Å². The van der Waals surface area contributed by atoms with Crippen LogP contribution in [-0.2, 0) is 0 Å². The second-order valence-electron chi connectivity index (χ2n) is 6.16. The van der Waals surface area contributed by atoms with Gasteiger partial charge in [0.15, 0.2) is 11.6 Å². The molecule has 0 aliphatic carbocycles. The quantitative estimate of drug-likeness (QED) is 0.917. The Bertz CT molecular complexity index is 449. The molecule has 2 fully saturated rings. The van der Waals surface area contributed by atoms with E-state index >= 15 is 0 Å². The number of pyridine rings is 1. The summed E-state index contributed by atoms with van der Waals surface area (Å²) in [5.74, 6) is 1.77. The molecule has 2 unspecified atom stereocenters. The third kappa shape index (κ3) is 2.90. The Kier molecular flexibility index (Phi) is 4.10. The minimum absolute atomic E-state index is 0.175. The molecule has 1 N–H and O–H groups in total. The Hall–Kier alpha value is -1.29. The topological polar surface area (TPSA) is 37.4 Å². The summed E-state index contributed by atoms with van der Waals surface area (Å²) in [5, 5.41) is 3.64. The molecule has 2 aliphatic rings. The SMILES string of the molecule is CC(C)Oc1cccnc1NC1CCN2CCCCC12. The maximum atomic E-state index is 5.85. The molecule has 3 rings (SSSR count). The Morgan fingerprint density at radius 3 is 3.05 bits per heavy atom. The van der Waals surface area contributed by atoms with E-state index in [1.807, 2.05) is 18.3 Å². The van der Waals surface area contributed by atoms with Crippen molar-refractivity contribution in [2.45, 2.75) is 57.7 Å². The van der Waals surface area contributed by atoms with Gasteiger partial charge in [0.25, 0.3) is 0 Å². The van der Waals surface area contributed by atoms with Gasteiger partial charge in [0, 0.05) is 24.8 Å². The minimum Gasteiger partial charge on any atom is -0.487 e. The molecule has 2 atom stereocenters. The molecule has 1 aromatic heterocycles. The van der Waals surface area contributed by atoms with Crippen LogP contribution in [0.4, 0.5) is 5.82 Å². The second kappa shape index (κ2) is 6.00. The van der Waals surface area contributed by atoms with Crippen LogP contribution in [0, 0.1) is 0 Å². The molecule has 0 spiro atoms. The van der Waals surface area contributed by atoms with E-state index in [9.17, 15) is 0 Å². The maximum absolute atomic E-state index is 5.85. The Morgan fingerprint density at radius 2 is 2.20 bits per heavy atom. The summed E-state index contributed by atoms with van der Waals surface area (Å²) in [6.45, 7) is 6.58. The van der Waals surface area contributed by atoms with Crippen LogP contribution >= 0.6 is 0 Å². The molecule has 1 aromatic rings. The molecule has 4 heteroatoms. The molecule has 0 saturated carbocycles. The standard InChI is InChI=1S/C16H25N3O/c1-12(2)20-15-7-5-9-17-16(15)18-13-8-11-19-10-4-3-6-14(13)19/h5,7,9,12-14H,3-4,6,8,10-11H2,1-2H3,(H,17,18). The number of hydrogen-bond acceptors (Lipinski definition) is 4. The van der Waals surface area contributed by atoms with E-state index in [0.29, 0.717) is 12.1 Å². The third-order valence-electron chi connectivity index (χ3n) is 4.31. The predicted octanol–water partition coefficient (Wildman–Crippen LogP) is 2.91. The van der Waals surface area contributed by atoms with Gasteiger partial charge in [-0.15, -0.1) is 0 Å². The molecule has 0 aromatic carbocycles. The molecule has 3 heterocycles. The summed E-state index contributed by atoms with van der Waals surface area (Å²) >= 11 is 0. The van der Waals surface area contributed by atoms with Gasteiger partial charge in [0.1, 0.15) is 0 Å².